The summed E-state index contributed by atoms with van der Waals surface area (Å²) in [5, 5.41) is 19.2. The van der Waals surface area contributed by atoms with Crippen molar-refractivity contribution in [3.63, 3.8) is 0 Å². The van der Waals surface area contributed by atoms with Crippen molar-refractivity contribution in [2.45, 2.75) is 33.5 Å². The fraction of sp³-hybridized carbons (Fsp3) is 0.389. The van der Waals surface area contributed by atoms with E-state index in [9.17, 15) is 9.50 Å². The maximum absolute atomic E-state index is 12.3. The first kappa shape index (κ1) is 17.3. The molecule has 1 N–H and O–H groups in total. The Hall–Kier alpha value is -2.54. The van der Waals surface area contributed by atoms with Crippen LogP contribution in [0.5, 0.6) is 5.75 Å². The number of rotatable bonds is 6. The zero-order valence-electron chi connectivity index (χ0n) is 14.7. The Kier molecular flexibility index (Phi) is 4.94. The van der Waals surface area contributed by atoms with Gasteiger partial charge >= 0.3 is 0 Å². The van der Waals surface area contributed by atoms with Gasteiger partial charge in [-0.2, -0.15) is 0 Å². The van der Waals surface area contributed by atoms with E-state index in [2.05, 4.69) is 20.2 Å². The van der Waals surface area contributed by atoms with Crippen molar-refractivity contribution in [1.82, 2.24) is 24.9 Å². The van der Waals surface area contributed by atoms with Crippen LogP contribution in [-0.2, 0) is 19.6 Å². The number of halogens is 1. The van der Waals surface area contributed by atoms with Crippen LogP contribution in [0.15, 0.2) is 24.4 Å². The van der Waals surface area contributed by atoms with Gasteiger partial charge in [0.15, 0.2) is 0 Å². The minimum absolute atomic E-state index is 0.223. The maximum Gasteiger partial charge on any atom is 0.144 e. The fourth-order valence-corrected chi connectivity index (χ4v) is 2.96. The Morgan fingerprint density at radius 1 is 1.16 bits per heavy atom. The molecule has 0 aliphatic heterocycles. The Morgan fingerprint density at radius 2 is 1.92 bits per heavy atom. The first-order valence-electron chi connectivity index (χ1n) is 8.20. The van der Waals surface area contributed by atoms with E-state index in [0.29, 0.717) is 18.6 Å². The number of phenolic OH excluding ortho intramolecular Hbond substituents is 1. The van der Waals surface area contributed by atoms with E-state index in [-0.39, 0.29) is 12.3 Å². The number of fused-ring (bicyclic) bond motifs is 1. The number of nitrogens with zero attached hydrogens (tertiary/aromatic N) is 5. The third-order valence-corrected chi connectivity index (χ3v) is 4.17. The highest BCUT2D eigenvalue weighted by Gasteiger charge is 2.11. The molecule has 1 aromatic carbocycles. The highest BCUT2D eigenvalue weighted by molar-refractivity contribution is 5.88. The SMILES string of the molecule is Cc1cc(C)c2ccc(CN(C)Cc3cn(CCF)nn3)nc2c1O. The van der Waals surface area contributed by atoms with E-state index in [0.717, 1.165) is 27.9 Å². The minimum Gasteiger partial charge on any atom is -0.505 e. The summed E-state index contributed by atoms with van der Waals surface area (Å²) < 4.78 is 13.8. The average molecular weight is 343 g/mol. The van der Waals surface area contributed by atoms with Gasteiger partial charge < -0.3 is 5.11 Å². The Morgan fingerprint density at radius 3 is 2.68 bits per heavy atom. The lowest BCUT2D eigenvalue weighted by Crippen LogP contribution is -2.18. The molecule has 2 aromatic heterocycles. The summed E-state index contributed by atoms with van der Waals surface area (Å²) in [6.45, 7) is 4.86. The van der Waals surface area contributed by atoms with Crippen LogP contribution in [0.4, 0.5) is 4.39 Å². The molecule has 3 rings (SSSR count). The number of hydrogen-bond donors (Lipinski definition) is 1. The van der Waals surface area contributed by atoms with Gasteiger partial charge in [-0.1, -0.05) is 17.3 Å². The zero-order chi connectivity index (χ0) is 18.0. The van der Waals surface area contributed by atoms with Crippen LogP contribution in [-0.4, -0.2) is 43.7 Å². The predicted octanol–water partition coefficient (Wildman–Crippen LogP) is 2.75. The molecule has 0 spiro atoms. The molecule has 25 heavy (non-hydrogen) atoms. The molecule has 0 unspecified atom stereocenters. The number of aromatic hydroxyl groups is 1. The highest BCUT2D eigenvalue weighted by atomic mass is 19.1. The van der Waals surface area contributed by atoms with Gasteiger partial charge in [0, 0.05) is 24.7 Å². The van der Waals surface area contributed by atoms with E-state index in [1.807, 2.05) is 39.1 Å². The number of hydrogen-bond acceptors (Lipinski definition) is 5. The average Bonchev–Trinajstić information content (AvgIpc) is 3.00. The van der Waals surface area contributed by atoms with E-state index < -0.39 is 6.67 Å². The van der Waals surface area contributed by atoms with Gasteiger partial charge in [-0.05, 0) is 38.1 Å². The summed E-state index contributed by atoms with van der Waals surface area (Å²) in [6.07, 6.45) is 1.75. The topological polar surface area (TPSA) is 67.1 Å². The van der Waals surface area contributed by atoms with Crippen molar-refractivity contribution in [3.05, 3.63) is 46.9 Å². The lowest BCUT2D eigenvalue weighted by atomic mass is 10.0. The molecule has 0 fully saturated rings. The molecule has 132 valence electrons. The lowest BCUT2D eigenvalue weighted by Gasteiger charge is -2.15. The third kappa shape index (κ3) is 3.76. The van der Waals surface area contributed by atoms with Crippen LogP contribution < -0.4 is 0 Å². The smallest absolute Gasteiger partial charge is 0.144 e. The summed E-state index contributed by atoms with van der Waals surface area (Å²) in [6, 6.07) is 5.93. The first-order chi connectivity index (χ1) is 12.0. The van der Waals surface area contributed by atoms with Crippen LogP contribution in [0.2, 0.25) is 0 Å². The molecule has 0 atom stereocenters. The fourth-order valence-electron chi connectivity index (χ4n) is 2.96. The standard InChI is InChI=1S/C18H22FN5O/c1-12-8-13(2)18(25)17-16(12)5-4-14(20-17)9-23(3)10-15-11-24(7-6-19)22-21-15/h4-5,8,11,25H,6-7,9-10H2,1-3H3. The predicted molar refractivity (Wildman–Crippen MR) is 94.0 cm³/mol. The van der Waals surface area contributed by atoms with E-state index in [4.69, 9.17) is 0 Å². The molecule has 7 heteroatoms. The summed E-state index contributed by atoms with van der Waals surface area (Å²) >= 11 is 0. The van der Waals surface area contributed by atoms with Gasteiger partial charge in [-0.15, -0.1) is 5.10 Å². The second kappa shape index (κ2) is 7.14. The first-order valence-corrected chi connectivity index (χ1v) is 8.20. The molecule has 0 saturated heterocycles. The second-order valence-corrected chi connectivity index (χ2v) is 6.39. The van der Waals surface area contributed by atoms with Crippen LogP contribution in [0, 0.1) is 13.8 Å². The van der Waals surface area contributed by atoms with Crippen molar-refractivity contribution < 1.29 is 9.50 Å². The normalized spacial score (nSPS) is 11.6. The maximum atomic E-state index is 12.3. The summed E-state index contributed by atoms with van der Waals surface area (Å²) in [5.74, 6) is 0.235. The highest BCUT2D eigenvalue weighted by Crippen LogP contribution is 2.29. The third-order valence-electron chi connectivity index (χ3n) is 4.17. The molecule has 6 nitrogen and oxygen atoms in total. The molecule has 0 saturated carbocycles. The molecule has 0 aliphatic rings. The van der Waals surface area contributed by atoms with Gasteiger partial charge in [-0.25, -0.2) is 14.1 Å². The molecular weight excluding hydrogens is 321 g/mol. The van der Waals surface area contributed by atoms with Gasteiger partial charge in [0.1, 0.15) is 17.9 Å². The zero-order valence-corrected chi connectivity index (χ0v) is 14.7. The lowest BCUT2D eigenvalue weighted by molar-refractivity contribution is 0.311. The van der Waals surface area contributed by atoms with Crippen molar-refractivity contribution in [2.75, 3.05) is 13.7 Å². The van der Waals surface area contributed by atoms with Crippen LogP contribution in [0.3, 0.4) is 0 Å². The van der Waals surface area contributed by atoms with Gasteiger partial charge in [-0.3, -0.25) is 4.90 Å². The van der Waals surface area contributed by atoms with Crippen molar-refractivity contribution in [3.8, 4) is 5.75 Å². The van der Waals surface area contributed by atoms with Crippen LogP contribution in [0.25, 0.3) is 10.9 Å². The summed E-state index contributed by atoms with van der Waals surface area (Å²) in [7, 11) is 1.96. The van der Waals surface area contributed by atoms with Crippen LogP contribution >= 0.6 is 0 Å². The van der Waals surface area contributed by atoms with E-state index >= 15 is 0 Å². The van der Waals surface area contributed by atoms with E-state index in [1.54, 1.807) is 6.20 Å². The van der Waals surface area contributed by atoms with Crippen molar-refractivity contribution >= 4 is 10.9 Å². The van der Waals surface area contributed by atoms with Gasteiger partial charge in [0.25, 0.3) is 0 Å². The molecule has 0 bridgehead atoms. The number of phenols is 1. The quantitative estimate of drug-likeness (QED) is 0.745. The number of aryl methyl sites for hydroxylation is 3. The van der Waals surface area contributed by atoms with Crippen molar-refractivity contribution in [2.24, 2.45) is 0 Å². The molecule has 0 aliphatic carbocycles. The number of aromatic nitrogens is 4. The minimum atomic E-state index is -0.456. The second-order valence-electron chi connectivity index (χ2n) is 6.39. The largest absolute Gasteiger partial charge is 0.505 e. The molecule has 3 aromatic rings. The summed E-state index contributed by atoms with van der Waals surface area (Å²) in [5.41, 5.74) is 4.21. The Bertz CT molecular complexity index is 893. The summed E-state index contributed by atoms with van der Waals surface area (Å²) in [4.78, 5) is 6.68. The monoisotopic (exact) mass is 343 g/mol. The van der Waals surface area contributed by atoms with Gasteiger partial charge in [0.2, 0.25) is 0 Å². The Labute approximate surface area is 145 Å². The number of pyridine rings is 1. The molecular formula is C18H22FN5O. The van der Waals surface area contributed by atoms with Crippen LogP contribution in [0.1, 0.15) is 22.5 Å². The molecule has 0 radical (unpaired) electrons. The molecule has 2 heterocycles. The van der Waals surface area contributed by atoms with E-state index in [1.165, 1.54) is 4.68 Å². The number of benzene rings is 1. The molecule has 0 amide bonds. The van der Waals surface area contributed by atoms with Crippen molar-refractivity contribution in [1.29, 1.82) is 0 Å². The number of alkyl halides is 1. The van der Waals surface area contributed by atoms with Gasteiger partial charge in [0.05, 0.1) is 17.9 Å². The Balaban J connectivity index is 1.76.